The van der Waals surface area contributed by atoms with E-state index in [1.165, 1.54) is 10.8 Å². The highest BCUT2D eigenvalue weighted by molar-refractivity contribution is 6.35. The molecule has 0 aliphatic carbocycles. The standard InChI is InChI=1S/C19H19Cl3N4O4/c1-3-23-19(29)24-16(27)10-30-17(28)7-6-14-11(2)25-26(18(14)22)9-12-4-5-13(20)8-15(12)21/h4-8H,3,9-10H2,1-2H3,(H2,23,24,27,29)/b7-6+. The molecule has 2 aromatic rings. The summed E-state index contributed by atoms with van der Waals surface area (Å²) in [7, 11) is 0. The van der Waals surface area contributed by atoms with Crippen molar-refractivity contribution in [1.29, 1.82) is 0 Å². The molecule has 2 rings (SSSR count). The second kappa shape index (κ2) is 11.0. The van der Waals surface area contributed by atoms with Gasteiger partial charge in [-0.25, -0.2) is 14.3 Å². The fourth-order valence-corrected chi connectivity index (χ4v) is 3.14. The van der Waals surface area contributed by atoms with Crippen LogP contribution in [0.3, 0.4) is 0 Å². The van der Waals surface area contributed by atoms with Crippen LogP contribution >= 0.6 is 34.8 Å². The molecule has 0 aliphatic heterocycles. The molecule has 1 aromatic heterocycles. The van der Waals surface area contributed by atoms with Crippen molar-refractivity contribution in [3.05, 3.63) is 56.3 Å². The first kappa shape index (κ1) is 23.7. The molecule has 0 spiro atoms. The molecular formula is C19H19Cl3N4O4. The monoisotopic (exact) mass is 472 g/mol. The van der Waals surface area contributed by atoms with E-state index in [1.807, 2.05) is 5.32 Å². The van der Waals surface area contributed by atoms with Gasteiger partial charge < -0.3 is 10.1 Å². The molecule has 160 valence electrons. The lowest BCUT2D eigenvalue weighted by Crippen LogP contribution is -2.41. The van der Waals surface area contributed by atoms with Gasteiger partial charge in [0.05, 0.1) is 12.2 Å². The van der Waals surface area contributed by atoms with E-state index in [2.05, 4.69) is 10.4 Å². The first-order valence-corrected chi connectivity index (χ1v) is 9.94. The maximum atomic E-state index is 11.8. The van der Waals surface area contributed by atoms with Crippen LogP contribution in [-0.2, 0) is 20.9 Å². The second-order valence-corrected chi connectivity index (χ2v) is 7.23. The van der Waals surface area contributed by atoms with E-state index in [0.717, 1.165) is 11.6 Å². The molecule has 11 heteroatoms. The van der Waals surface area contributed by atoms with Gasteiger partial charge in [-0.3, -0.25) is 10.1 Å². The first-order chi connectivity index (χ1) is 14.2. The number of halogens is 3. The zero-order chi connectivity index (χ0) is 22.3. The number of carbonyl (C=O) groups excluding carboxylic acids is 3. The number of aromatic nitrogens is 2. The summed E-state index contributed by atoms with van der Waals surface area (Å²) >= 11 is 18.5. The summed E-state index contributed by atoms with van der Waals surface area (Å²) in [6, 6.07) is 4.45. The summed E-state index contributed by atoms with van der Waals surface area (Å²) in [5.74, 6) is -1.52. The van der Waals surface area contributed by atoms with Gasteiger partial charge in [-0.1, -0.05) is 40.9 Å². The largest absolute Gasteiger partial charge is 0.452 e. The van der Waals surface area contributed by atoms with Gasteiger partial charge in [0.1, 0.15) is 5.15 Å². The molecule has 0 unspecified atom stereocenters. The summed E-state index contributed by atoms with van der Waals surface area (Å²) in [5, 5.41) is 10.1. The van der Waals surface area contributed by atoms with Gasteiger partial charge in [0.25, 0.3) is 5.91 Å². The Morgan fingerprint density at radius 1 is 1.23 bits per heavy atom. The molecule has 30 heavy (non-hydrogen) atoms. The van der Waals surface area contributed by atoms with Crippen LogP contribution < -0.4 is 10.6 Å². The van der Waals surface area contributed by atoms with Crippen molar-refractivity contribution >= 4 is 58.8 Å². The zero-order valence-electron chi connectivity index (χ0n) is 16.2. The maximum absolute atomic E-state index is 11.8. The number of nitrogens with zero attached hydrogens (tertiary/aromatic N) is 2. The lowest BCUT2D eigenvalue weighted by atomic mass is 10.2. The van der Waals surface area contributed by atoms with Gasteiger partial charge in [0, 0.05) is 28.2 Å². The normalized spacial score (nSPS) is 10.8. The van der Waals surface area contributed by atoms with Crippen LogP contribution in [0.1, 0.15) is 23.7 Å². The number of nitrogens with one attached hydrogen (secondary N) is 2. The SMILES string of the molecule is CCNC(=O)NC(=O)COC(=O)/C=C/c1c(C)nn(Cc2ccc(Cl)cc2Cl)c1Cl. The summed E-state index contributed by atoms with van der Waals surface area (Å²) in [5.41, 5.74) is 1.88. The Morgan fingerprint density at radius 3 is 2.63 bits per heavy atom. The molecule has 0 saturated heterocycles. The average molecular weight is 474 g/mol. The number of ether oxygens (including phenoxy) is 1. The Labute approximate surface area is 188 Å². The molecule has 0 fully saturated rings. The van der Waals surface area contributed by atoms with E-state index in [1.54, 1.807) is 32.0 Å². The summed E-state index contributed by atoms with van der Waals surface area (Å²) < 4.78 is 6.33. The molecule has 2 N–H and O–H groups in total. The van der Waals surface area contributed by atoms with Gasteiger partial charge in [-0.15, -0.1) is 0 Å². The Hall–Kier alpha value is -2.55. The minimum Gasteiger partial charge on any atom is -0.452 e. The lowest BCUT2D eigenvalue weighted by molar-refractivity contribution is -0.143. The second-order valence-electron chi connectivity index (χ2n) is 6.03. The minimum atomic E-state index is -0.773. The van der Waals surface area contributed by atoms with Crippen molar-refractivity contribution < 1.29 is 19.1 Å². The van der Waals surface area contributed by atoms with Crippen molar-refractivity contribution in [3.63, 3.8) is 0 Å². The number of benzene rings is 1. The minimum absolute atomic E-state index is 0.302. The van der Waals surface area contributed by atoms with Crippen LogP contribution in [0.4, 0.5) is 4.79 Å². The summed E-state index contributed by atoms with van der Waals surface area (Å²) in [4.78, 5) is 34.6. The number of rotatable bonds is 7. The van der Waals surface area contributed by atoms with Crippen LogP contribution in [0.25, 0.3) is 6.08 Å². The Bertz CT molecular complexity index is 988. The van der Waals surface area contributed by atoms with Gasteiger partial charge in [0.15, 0.2) is 6.61 Å². The molecule has 0 atom stereocenters. The molecule has 0 saturated carbocycles. The lowest BCUT2D eigenvalue weighted by Gasteiger charge is -2.06. The van der Waals surface area contributed by atoms with Crippen molar-refractivity contribution in [2.75, 3.05) is 13.2 Å². The van der Waals surface area contributed by atoms with Crippen LogP contribution in [0.2, 0.25) is 15.2 Å². The van der Waals surface area contributed by atoms with Crippen molar-refractivity contribution in [2.45, 2.75) is 20.4 Å². The summed E-state index contributed by atoms with van der Waals surface area (Å²) in [6.45, 7) is 3.51. The highest BCUT2D eigenvalue weighted by atomic mass is 35.5. The predicted octanol–water partition coefficient (Wildman–Crippen LogP) is 3.60. The number of aryl methyl sites for hydroxylation is 1. The number of hydrogen-bond donors (Lipinski definition) is 2. The van der Waals surface area contributed by atoms with E-state index in [9.17, 15) is 14.4 Å². The molecule has 3 amide bonds. The number of carbonyl (C=O) groups is 3. The van der Waals surface area contributed by atoms with Crippen LogP contribution in [0.5, 0.6) is 0 Å². The fraction of sp³-hybridized carbons (Fsp3) is 0.263. The molecule has 0 radical (unpaired) electrons. The van der Waals surface area contributed by atoms with Crippen LogP contribution in [-0.4, -0.2) is 40.8 Å². The Morgan fingerprint density at radius 2 is 1.97 bits per heavy atom. The third-order valence-corrected chi connectivity index (χ3v) is 4.75. The third-order valence-electron chi connectivity index (χ3n) is 3.77. The smallest absolute Gasteiger partial charge is 0.331 e. The molecule has 1 aromatic carbocycles. The Kier molecular flexibility index (Phi) is 8.71. The van der Waals surface area contributed by atoms with Crippen molar-refractivity contribution in [2.24, 2.45) is 0 Å². The molecule has 0 aliphatic rings. The molecular weight excluding hydrogens is 455 g/mol. The van der Waals surface area contributed by atoms with Crippen molar-refractivity contribution in [1.82, 2.24) is 20.4 Å². The van der Waals surface area contributed by atoms with E-state index >= 15 is 0 Å². The number of imide groups is 1. The highest BCUT2D eigenvalue weighted by Crippen LogP contribution is 2.26. The van der Waals surface area contributed by atoms with E-state index in [4.69, 9.17) is 39.5 Å². The first-order valence-electron chi connectivity index (χ1n) is 8.80. The van der Waals surface area contributed by atoms with Crippen LogP contribution in [0, 0.1) is 6.92 Å². The number of hydrogen-bond acceptors (Lipinski definition) is 5. The molecule has 0 bridgehead atoms. The maximum Gasteiger partial charge on any atom is 0.331 e. The van der Waals surface area contributed by atoms with E-state index in [-0.39, 0.29) is 0 Å². The van der Waals surface area contributed by atoms with Crippen LogP contribution in [0.15, 0.2) is 24.3 Å². The van der Waals surface area contributed by atoms with Gasteiger partial charge in [-0.2, -0.15) is 5.10 Å². The van der Waals surface area contributed by atoms with Crippen molar-refractivity contribution in [3.8, 4) is 0 Å². The van der Waals surface area contributed by atoms with Gasteiger partial charge in [0.2, 0.25) is 0 Å². The molecule has 1 heterocycles. The topological polar surface area (TPSA) is 102 Å². The highest BCUT2D eigenvalue weighted by Gasteiger charge is 2.14. The number of amides is 3. The number of esters is 1. The fourth-order valence-electron chi connectivity index (χ4n) is 2.38. The Balaban J connectivity index is 1.99. The van der Waals surface area contributed by atoms with E-state index in [0.29, 0.717) is 39.5 Å². The predicted molar refractivity (Wildman–Crippen MR) is 115 cm³/mol. The third kappa shape index (κ3) is 6.76. The van der Waals surface area contributed by atoms with Gasteiger partial charge >= 0.3 is 12.0 Å². The number of urea groups is 1. The van der Waals surface area contributed by atoms with E-state index < -0.39 is 24.5 Å². The average Bonchev–Trinajstić information content (AvgIpc) is 2.93. The summed E-state index contributed by atoms with van der Waals surface area (Å²) in [6.07, 6.45) is 2.56. The van der Waals surface area contributed by atoms with Gasteiger partial charge in [-0.05, 0) is 37.6 Å². The zero-order valence-corrected chi connectivity index (χ0v) is 18.4. The molecule has 8 nitrogen and oxygen atoms in total. The quantitative estimate of drug-likeness (QED) is 0.472.